The first kappa shape index (κ1) is 19.0. The number of fused-ring (bicyclic) bond motifs is 1. The van der Waals surface area contributed by atoms with Gasteiger partial charge in [0.15, 0.2) is 17.4 Å². The molecule has 0 amide bonds. The molecule has 0 spiro atoms. The fraction of sp³-hybridized carbons (Fsp3) is 0.438. The molecule has 13 nitrogen and oxygen atoms in total. The number of nitrogens with zero attached hydrogens (tertiary/aromatic N) is 3. The van der Waals surface area contributed by atoms with Crippen molar-refractivity contribution in [1.29, 1.82) is 0 Å². The van der Waals surface area contributed by atoms with Gasteiger partial charge in [-0.05, 0) is 0 Å². The van der Waals surface area contributed by atoms with E-state index < -0.39 is 34.9 Å². The van der Waals surface area contributed by atoms with Gasteiger partial charge in [0, 0.05) is 26.1 Å². The second-order valence-corrected chi connectivity index (χ2v) is 6.73. The molecule has 0 saturated carbocycles. The molecule has 29 heavy (non-hydrogen) atoms. The molecule has 0 bridgehead atoms. The third kappa shape index (κ3) is 3.24. The lowest BCUT2D eigenvalue weighted by Gasteiger charge is -2.18. The number of nitrogen functional groups attached to an aromatic ring is 1. The Morgan fingerprint density at radius 2 is 2.00 bits per heavy atom. The predicted molar refractivity (Wildman–Crippen MR) is 104 cm³/mol. The van der Waals surface area contributed by atoms with Crippen LogP contribution in [0.2, 0.25) is 0 Å². The van der Waals surface area contributed by atoms with E-state index >= 15 is 0 Å². The molecule has 2 aromatic heterocycles. The van der Waals surface area contributed by atoms with Gasteiger partial charge in [-0.2, -0.15) is 4.98 Å². The van der Waals surface area contributed by atoms with E-state index in [-0.39, 0.29) is 41.5 Å². The van der Waals surface area contributed by atoms with Crippen LogP contribution in [0.1, 0.15) is 12.6 Å². The summed E-state index contributed by atoms with van der Waals surface area (Å²) in [7, 11) is 0. The number of nitrogens with one attached hydrogen (secondary N) is 3. The Morgan fingerprint density at radius 3 is 2.72 bits per heavy atom. The summed E-state index contributed by atoms with van der Waals surface area (Å²) in [6, 6.07) is 0. The van der Waals surface area contributed by atoms with Crippen molar-refractivity contribution in [2.75, 3.05) is 36.0 Å². The number of rotatable bonds is 7. The largest absolute Gasteiger partial charge is 0.388 e. The average Bonchev–Trinajstić information content (AvgIpc) is 3.26. The summed E-state index contributed by atoms with van der Waals surface area (Å²) in [6.45, 7) is 0.875. The van der Waals surface area contributed by atoms with Gasteiger partial charge in [-0.1, -0.05) is 0 Å². The molecule has 4 rings (SSSR count). The van der Waals surface area contributed by atoms with Crippen molar-refractivity contribution < 1.29 is 9.84 Å². The van der Waals surface area contributed by atoms with Gasteiger partial charge in [0.05, 0.1) is 12.4 Å². The number of hydrogen-bond donors (Lipinski definition) is 6. The number of aliphatic hydroxyl groups excluding tert-OH is 1. The molecule has 154 valence electrons. The lowest BCUT2D eigenvalue weighted by atomic mass is 10.1. The number of H-pyrrole nitrogens is 1. The van der Waals surface area contributed by atoms with Gasteiger partial charge in [-0.25, -0.2) is 4.98 Å². The second-order valence-electron chi connectivity index (χ2n) is 6.73. The maximum atomic E-state index is 11.9. The minimum Gasteiger partial charge on any atom is -0.388 e. The van der Waals surface area contributed by atoms with E-state index in [0.717, 1.165) is 0 Å². The maximum absolute atomic E-state index is 11.9. The molecule has 3 atom stereocenters. The zero-order valence-electron chi connectivity index (χ0n) is 15.2. The highest BCUT2D eigenvalue weighted by Gasteiger charge is 2.36. The van der Waals surface area contributed by atoms with Crippen LogP contribution in [0.4, 0.5) is 17.3 Å². The first-order valence-corrected chi connectivity index (χ1v) is 8.97. The van der Waals surface area contributed by atoms with Crippen LogP contribution in [0.3, 0.4) is 0 Å². The van der Waals surface area contributed by atoms with Crippen molar-refractivity contribution in [3.8, 4) is 0 Å². The van der Waals surface area contributed by atoms with Crippen molar-refractivity contribution in [2.45, 2.75) is 24.9 Å². The van der Waals surface area contributed by atoms with Crippen molar-refractivity contribution in [3.63, 3.8) is 0 Å². The summed E-state index contributed by atoms with van der Waals surface area (Å²) in [5.74, 6) is -0.0763. The quantitative estimate of drug-likeness (QED) is 0.226. The summed E-state index contributed by atoms with van der Waals surface area (Å²) in [5, 5.41) is 16.1. The van der Waals surface area contributed by atoms with Crippen LogP contribution in [0.25, 0.3) is 11.2 Å². The number of ether oxygens (including phenoxy) is 1. The van der Waals surface area contributed by atoms with E-state index in [1.165, 1.54) is 10.9 Å². The molecule has 1 aliphatic rings. The highest BCUT2D eigenvalue weighted by atomic mass is 16.5. The van der Waals surface area contributed by atoms with E-state index in [0.29, 0.717) is 13.1 Å². The number of aliphatic hydroxyl groups is 1. The van der Waals surface area contributed by atoms with Crippen LogP contribution in [-0.4, -0.2) is 56.5 Å². The summed E-state index contributed by atoms with van der Waals surface area (Å²) < 4.78 is 7.30. The summed E-state index contributed by atoms with van der Waals surface area (Å²) in [6.07, 6.45) is -0.580. The van der Waals surface area contributed by atoms with E-state index in [9.17, 15) is 19.5 Å². The van der Waals surface area contributed by atoms with Crippen LogP contribution < -0.4 is 38.5 Å². The zero-order valence-corrected chi connectivity index (χ0v) is 15.2. The Morgan fingerprint density at radius 1 is 1.28 bits per heavy atom. The van der Waals surface area contributed by atoms with Gasteiger partial charge < -0.3 is 31.9 Å². The van der Waals surface area contributed by atoms with Crippen LogP contribution in [0.5, 0.6) is 0 Å². The minimum atomic E-state index is -0.899. The first-order chi connectivity index (χ1) is 13.9. The van der Waals surface area contributed by atoms with Crippen LogP contribution in [0, 0.1) is 0 Å². The third-order valence-corrected chi connectivity index (χ3v) is 4.75. The number of imidazole rings is 1. The highest BCUT2D eigenvalue weighted by molar-refractivity contribution is 5.74. The molecule has 3 heterocycles. The van der Waals surface area contributed by atoms with E-state index in [1.807, 2.05) is 0 Å². The SMILES string of the molecule is NCCNc1c(NCC2CC(O)C(n3cnc4c(=O)[nH]c(N)nc43)O2)c(=O)c1=O. The molecule has 8 N–H and O–H groups in total. The summed E-state index contributed by atoms with van der Waals surface area (Å²) in [5.41, 5.74) is 9.95. The van der Waals surface area contributed by atoms with Crippen molar-refractivity contribution >= 4 is 28.5 Å². The number of hydrogen-bond acceptors (Lipinski definition) is 11. The van der Waals surface area contributed by atoms with E-state index in [2.05, 4.69) is 25.6 Å². The molecule has 3 aromatic rings. The molecule has 1 aliphatic heterocycles. The molecule has 1 fully saturated rings. The third-order valence-electron chi connectivity index (χ3n) is 4.75. The number of aromatic nitrogens is 4. The molecule has 3 unspecified atom stereocenters. The molecular weight excluding hydrogens is 384 g/mol. The molecular formula is C16H20N8O5. The van der Waals surface area contributed by atoms with Gasteiger partial charge in [0.1, 0.15) is 17.5 Å². The van der Waals surface area contributed by atoms with E-state index in [4.69, 9.17) is 16.2 Å². The van der Waals surface area contributed by atoms with Gasteiger partial charge >= 0.3 is 0 Å². The molecule has 1 saturated heterocycles. The molecule has 0 aliphatic carbocycles. The normalized spacial score (nSPS) is 21.8. The Bertz CT molecular complexity index is 1180. The Labute approximate surface area is 162 Å². The smallest absolute Gasteiger partial charge is 0.280 e. The topological polar surface area (TPSA) is 203 Å². The molecule has 13 heteroatoms. The predicted octanol–water partition coefficient (Wildman–Crippen LogP) is -2.57. The number of nitrogens with two attached hydrogens (primary N) is 2. The van der Waals surface area contributed by atoms with Crippen molar-refractivity contribution in [3.05, 3.63) is 37.1 Å². The Balaban J connectivity index is 1.48. The average molecular weight is 404 g/mol. The summed E-state index contributed by atoms with van der Waals surface area (Å²) >= 11 is 0. The van der Waals surface area contributed by atoms with Crippen LogP contribution >= 0.6 is 0 Å². The minimum absolute atomic E-state index is 0.0763. The number of anilines is 3. The summed E-state index contributed by atoms with van der Waals surface area (Å²) in [4.78, 5) is 45.7. The lowest BCUT2D eigenvalue weighted by Crippen LogP contribution is -2.39. The van der Waals surface area contributed by atoms with Crippen LogP contribution in [0.15, 0.2) is 20.7 Å². The highest BCUT2D eigenvalue weighted by Crippen LogP contribution is 2.31. The molecule has 0 radical (unpaired) electrons. The Kier molecular flexibility index (Phi) is 4.77. The maximum Gasteiger partial charge on any atom is 0.280 e. The number of aromatic amines is 1. The zero-order chi connectivity index (χ0) is 20.7. The lowest BCUT2D eigenvalue weighted by molar-refractivity contribution is -0.0311. The fourth-order valence-electron chi connectivity index (χ4n) is 3.38. The standard InChI is InChI=1S/C16H20N8O5/c17-1-2-19-8-9(12(27)11(8)26)20-4-6-3-7(25)15(29-6)24-5-21-10-13(24)22-16(18)23-14(10)28/h5-7,15,19-20,25H,1-4,17H2,(H3,18,22,23,28). The fourth-order valence-corrected chi connectivity index (χ4v) is 3.38. The van der Waals surface area contributed by atoms with Crippen molar-refractivity contribution in [1.82, 2.24) is 19.5 Å². The second kappa shape index (κ2) is 7.27. The van der Waals surface area contributed by atoms with Crippen molar-refractivity contribution in [2.24, 2.45) is 5.73 Å². The molecule has 1 aromatic carbocycles. The van der Waals surface area contributed by atoms with Gasteiger partial charge in [0.25, 0.3) is 16.4 Å². The van der Waals surface area contributed by atoms with Crippen LogP contribution in [-0.2, 0) is 4.74 Å². The van der Waals surface area contributed by atoms with Gasteiger partial charge in [0.2, 0.25) is 5.95 Å². The monoisotopic (exact) mass is 404 g/mol. The Hall–Kier alpha value is -3.29. The van der Waals surface area contributed by atoms with Gasteiger partial charge in [-0.15, -0.1) is 0 Å². The van der Waals surface area contributed by atoms with Gasteiger partial charge in [-0.3, -0.25) is 23.9 Å². The first-order valence-electron chi connectivity index (χ1n) is 8.97. The van der Waals surface area contributed by atoms with E-state index in [1.54, 1.807) is 0 Å².